The minimum Gasteiger partial charge on any atom is -0.309 e. The molecule has 3 rings (SSSR count). The zero-order valence-electron chi connectivity index (χ0n) is 13.4. The van der Waals surface area contributed by atoms with Gasteiger partial charge in [-0.25, -0.2) is 4.79 Å². The maximum absolute atomic E-state index is 12.5. The summed E-state index contributed by atoms with van der Waals surface area (Å²) >= 11 is 0. The van der Waals surface area contributed by atoms with Crippen LogP contribution in [0.3, 0.4) is 0 Å². The fourth-order valence-electron chi connectivity index (χ4n) is 3.02. The van der Waals surface area contributed by atoms with E-state index in [4.69, 9.17) is 4.84 Å². The molecule has 2 N–H and O–H groups in total. The normalized spacial score (nSPS) is 22.5. The Bertz CT molecular complexity index is 636. The van der Waals surface area contributed by atoms with Crippen molar-refractivity contribution in [1.29, 1.82) is 0 Å². The number of hydroxylamine groups is 2. The van der Waals surface area contributed by atoms with Crippen LogP contribution in [0.1, 0.15) is 25.3 Å². The van der Waals surface area contributed by atoms with Crippen LogP contribution in [-0.4, -0.2) is 46.4 Å². The van der Waals surface area contributed by atoms with Crippen molar-refractivity contribution in [2.75, 3.05) is 6.54 Å². The summed E-state index contributed by atoms with van der Waals surface area (Å²) in [5.74, 6) is -0.750. The third-order valence-electron chi connectivity index (χ3n) is 4.20. The van der Waals surface area contributed by atoms with E-state index in [1.807, 2.05) is 30.3 Å². The van der Waals surface area contributed by atoms with Gasteiger partial charge >= 0.3 is 6.03 Å². The summed E-state index contributed by atoms with van der Waals surface area (Å²) in [5.41, 5.74) is 5.56. The molecular formula is C16H20N4O4. The minimum atomic E-state index is -0.592. The van der Waals surface area contributed by atoms with Crippen molar-refractivity contribution < 1.29 is 19.2 Å². The number of carbonyl (C=O) groups is 3. The van der Waals surface area contributed by atoms with E-state index in [1.54, 1.807) is 0 Å². The second-order valence-electron chi connectivity index (χ2n) is 5.94. The molecule has 2 atom stereocenters. The average molecular weight is 332 g/mol. The van der Waals surface area contributed by atoms with Gasteiger partial charge in [0.2, 0.25) is 5.91 Å². The van der Waals surface area contributed by atoms with Gasteiger partial charge in [-0.05, 0) is 18.4 Å². The van der Waals surface area contributed by atoms with E-state index in [2.05, 4.69) is 10.9 Å². The molecule has 2 aliphatic heterocycles. The number of benzene rings is 1. The average Bonchev–Trinajstić information content (AvgIpc) is 2.83. The Balaban J connectivity index is 1.60. The molecule has 0 aromatic heterocycles. The van der Waals surface area contributed by atoms with Gasteiger partial charge in [-0.1, -0.05) is 30.3 Å². The van der Waals surface area contributed by atoms with E-state index in [-0.39, 0.29) is 23.9 Å². The van der Waals surface area contributed by atoms with Gasteiger partial charge in [-0.3, -0.25) is 25.3 Å². The Morgan fingerprint density at radius 3 is 2.67 bits per heavy atom. The standard InChI is InChI=1S/C16H20N4O4/c1-11(21)17-18-15(22)14-8-7-13-9-19(14)16(23)20(13)24-10-12-5-3-2-4-6-12/h2-6,13-14H,7-10H2,1H3,(H,17,21)(H,18,22)/t13-,14-/m1/s1. The third kappa shape index (κ3) is 3.33. The lowest BCUT2D eigenvalue weighted by Crippen LogP contribution is -2.53. The van der Waals surface area contributed by atoms with Crippen molar-refractivity contribution >= 4 is 17.8 Å². The fourth-order valence-corrected chi connectivity index (χ4v) is 3.02. The number of hydrogen-bond donors (Lipinski definition) is 2. The Labute approximate surface area is 139 Å². The molecule has 0 saturated carbocycles. The molecule has 2 fully saturated rings. The van der Waals surface area contributed by atoms with Crippen LogP contribution in [0.2, 0.25) is 0 Å². The molecule has 0 radical (unpaired) electrons. The first-order valence-electron chi connectivity index (χ1n) is 7.89. The fraction of sp³-hybridized carbons (Fsp3) is 0.438. The number of fused-ring (bicyclic) bond motifs is 2. The van der Waals surface area contributed by atoms with Crippen LogP contribution in [0.4, 0.5) is 4.79 Å². The molecule has 0 spiro atoms. The van der Waals surface area contributed by atoms with Crippen molar-refractivity contribution in [3.05, 3.63) is 35.9 Å². The maximum atomic E-state index is 12.5. The van der Waals surface area contributed by atoms with E-state index in [1.165, 1.54) is 16.9 Å². The summed E-state index contributed by atoms with van der Waals surface area (Å²) in [6, 6.07) is 8.64. The molecule has 2 saturated heterocycles. The minimum absolute atomic E-state index is 0.0500. The van der Waals surface area contributed by atoms with Crippen LogP contribution in [0.5, 0.6) is 0 Å². The molecule has 1 aromatic carbocycles. The quantitative estimate of drug-likeness (QED) is 0.788. The Kier molecular flexibility index (Phi) is 4.66. The summed E-state index contributed by atoms with van der Waals surface area (Å²) in [6.45, 7) is 2.06. The predicted octanol–water partition coefficient (Wildman–Crippen LogP) is 0.554. The number of rotatable bonds is 4. The van der Waals surface area contributed by atoms with Gasteiger partial charge in [0.15, 0.2) is 0 Å². The number of carbonyl (C=O) groups excluding carboxylic acids is 3. The largest absolute Gasteiger partial charge is 0.345 e. The Morgan fingerprint density at radius 1 is 1.21 bits per heavy atom. The lowest BCUT2D eigenvalue weighted by Gasteiger charge is -2.29. The maximum Gasteiger partial charge on any atom is 0.345 e. The number of piperidine rings is 1. The molecule has 2 bridgehead atoms. The number of nitrogens with one attached hydrogen (secondary N) is 2. The number of hydrogen-bond acceptors (Lipinski definition) is 4. The van der Waals surface area contributed by atoms with E-state index in [9.17, 15) is 14.4 Å². The molecule has 8 heteroatoms. The monoisotopic (exact) mass is 332 g/mol. The van der Waals surface area contributed by atoms with E-state index in [0.29, 0.717) is 26.0 Å². The lowest BCUT2D eigenvalue weighted by molar-refractivity contribution is -0.140. The number of nitrogens with zero attached hydrogens (tertiary/aromatic N) is 2. The first-order chi connectivity index (χ1) is 11.6. The second-order valence-corrected chi connectivity index (χ2v) is 5.94. The highest BCUT2D eigenvalue weighted by molar-refractivity contribution is 5.89. The summed E-state index contributed by atoms with van der Waals surface area (Å²) in [5, 5.41) is 1.37. The molecule has 24 heavy (non-hydrogen) atoms. The third-order valence-corrected chi connectivity index (χ3v) is 4.20. The van der Waals surface area contributed by atoms with Gasteiger partial charge in [0.1, 0.15) is 12.6 Å². The zero-order chi connectivity index (χ0) is 17.1. The van der Waals surface area contributed by atoms with Gasteiger partial charge in [-0.2, -0.15) is 5.06 Å². The molecule has 2 heterocycles. The first-order valence-corrected chi connectivity index (χ1v) is 7.89. The van der Waals surface area contributed by atoms with Crippen LogP contribution >= 0.6 is 0 Å². The van der Waals surface area contributed by atoms with Crippen molar-refractivity contribution in [3.63, 3.8) is 0 Å². The number of hydrazine groups is 1. The smallest absolute Gasteiger partial charge is 0.309 e. The zero-order valence-corrected chi connectivity index (χ0v) is 13.4. The first kappa shape index (κ1) is 16.3. The molecule has 0 aliphatic carbocycles. The summed E-state index contributed by atoms with van der Waals surface area (Å²) in [4.78, 5) is 42.7. The topological polar surface area (TPSA) is 91.0 Å². The molecule has 8 nitrogen and oxygen atoms in total. The highest BCUT2D eigenvalue weighted by atomic mass is 16.7. The van der Waals surface area contributed by atoms with Crippen LogP contribution in [-0.2, 0) is 21.0 Å². The summed E-state index contributed by atoms with van der Waals surface area (Å²) in [7, 11) is 0. The Hall–Kier alpha value is -2.61. The summed E-state index contributed by atoms with van der Waals surface area (Å²) in [6.07, 6.45) is 1.21. The molecule has 0 unspecified atom stereocenters. The van der Waals surface area contributed by atoms with Crippen molar-refractivity contribution in [3.8, 4) is 0 Å². The molecule has 2 aliphatic rings. The van der Waals surface area contributed by atoms with Gasteiger partial charge in [0.05, 0.1) is 6.04 Å². The van der Waals surface area contributed by atoms with Crippen molar-refractivity contribution in [2.45, 2.75) is 38.5 Å². The van der Waals surface area contributed by atoms with Crippen LogP contribution in [0.25, 0.3) is 0 Å². The molecule has 128 valence electrons. The van der Waals surface area contributed by atoms with E-state index >= 15 is 0 Å². The van der Waals surface area contributed by atoms with Gasteiger partial charge in [-0.15, -0.1) is 0 Å². The van der Waals surface area contributed by atoms with Crippen molar-refractivity contribution in [1.82, 2.24) is 20.8 Å². The number of amides is 4. The lowest BCUT2D eigenvalue weighted by atomic mass is 10.0. The predicted molar refractivity (Wildman–Crippen MR) is 83.9 cm³/mol. The number of urea groups is 1. The molecular weight excluding hydrogens is 312 g/mol. The van der Waals surface area contributed by atoms with E-state index in [0.717, 1.165) is 5.56 Å². The van der Waals surface area contributed by atoms with Crippen LogP contribution in [0.15, 0.2) is 30.3 Å². The molecule has 1 aromatic rings. The van der Waals surface area contributed by atoms with Crippen LogP contribution in [0, 0.1) is 0 Å². The second kappa shape index (κ2) is 6.88. The SMILES string of the molecule is CC(=O)NNC(=O)[C@H]1CC[C@@H]2CN1C(=O)N2OCc1ccccc1. The Morgan fingerprint density at radius 2 is 1.96 bits per heavy atom. The molecule has 4 amide bonds. The summed E-state index contributed by atoms with van der Waals surface area (Å²) < 4.78 is 0. The van der Waals surface area contributed by atoms with Gasteiger partial charge in [0.25, 0.3) is 5.91 Å². The van der Waals surface area contributed by atoms with Crippen LogP contribution < -0.4 is 10.9 Å². The van der Waals surface area contributed by atoms with E-state index < -0.39 is 6.04 Å². The van der Waals surface area contributed by atoms with Gasteiger partial charge < -0.3 is 4.90 Å². The van der Waals surface area contributed by atoms with Crippen molar-refractivity contribution in [2.24, 2.45) is 0 Å². The van der Waals surface area contributed by atoms with Gasteiger partial charge in [0, 0.05) is 13.5 Å². The highest BCUT2D eigenvalue weighted by Gasteiger charge is 2.47. The highest BCUT2D eigenvalue weighted by Crippen LogP contribution is 2.30.